The van der Waals surface area contributed by atoms with Gasteiger partial charge < -0.3 is 25.7 Å². The van der Waals surface area contributed by atoms with Crippen LogP contribution in [0.2, 0.25) is 0 Å². The maximum atomic E-state index is 11.5. The summed E-state index contributed by atoms with van der Waals surface area (Å²) in [6.07, 6.45) is 1.38. The fourth-order valence-corrected chi connectivity index (χ4v) is 2.04. The third kappa shape index (κ3) is 2.62. The van der Waals surface area contributed by atoms with Gasteiger partial charge in [0.05, 0.1) is 25.6 Å². The zero-order valence-corrected chi connectivity index (χ0v) is 10.5. The van der Waals surface area contributed by atoms with Crippen LogP contribution in [0.1, 0.15) is 6.92 Å². The summed E-state index contributed by atoms with van der Waals surface area (Å²) in [5.41, 5.74) is 5.67. The molecule has 0 spiro atoms. The van der Waals surface area contributed by atoms with Crippen molar-refractivity contribution in [3.63, 3.8) is 0 Å². The van der Waals surface area contributed by atoms with Gasteiger partial charge in [0.1, 0.15) is 5.69 Å². The number of likely N-dealkylation sites (N-methyl/N-ethyl adjacent to an activating group) is 1. The fourth-order valence-electron chi connectivity index (χ4n) is 2.04. The minimum Gasteiger partial charge on any atom is -0.391 e. The largest absolute Gasteiger partial charge is 0.391 e. The average Bonchev–Trinajstić information content (AvgIpc) is 2.40. The number of aromatic amines is 1. The second-order valence-corrected chi connectivity index (χ2v) is 4.20. The van der Waals surface area contributed by atoms with Crippen LogP contribution in [0, 0.1) is 0 Å². The molecule has 2 heterocycles. The molecule has 4 N–H and O–H groups in total. The number of hydrogen-bond donors (Lipinski definition) is 3. The van der Waals surface area contributed by atoms with E-state index < -0.39 is 0 Å². The molecule has 0 radical (unpaired) electrons. The third-order valence-corrected chi connectivity index (χ3v) is 3.00. The summed E-state index contributed by atoms with van der Waals surface area (Å²) >= 11 is 0. The van der Waals surface area contributed by atoms with E-state index in [0.29, 0.717) is 25.6 Å². The van der Waals surface area contributed by atoms with Crippen molar-refractivity contribution >= 4 is 11.5 Å². The molecule has 2 rings (SSSR count). The first kappa shape index (κ1) is 12.8. The van der Waals surface area contributed by atoms with Crippen molar-refractivity contribution in [1.82, 2.24) is 15.3 Å². The third-order valence-electron chi connectivity index (χ3n) is 3.00. The van der Waals surface area contributed by atoms with Gasteiger partial charge in [0, 0.05) is 13.1 Å². The summed E-state index contributed by atoms with van der Waals surface area (Å²) < 4.78 is 5.46. The topological polar surface area (TPSA) is 96.3 Å². The van der Waals surface area contributed by atoms with E-state index in [1.54, 1.807) is 0 Å². The highest BCUT2D eigenvalue weighted by Gasteiger charge is 2.25. The molecule has 100 valence electrons. The van der Waals surface area contributed by atoms with Crippen LogP contribution in [0.25, 0.3) is 0 Å². The molecule has 1 saturated heterocycles. The molecule has 7 nitrogen and oxygen atoms in total. The molecule has 1 aliphatic rings. The number of ether oxygens (including phenoxy) is 1. The lowest BCUT2D eigenvalue weighted by atomic mass is 10.2. The second-order valence-electron chi connectivity index (χ2n) is 4.20. The van der Waals surface area contributed by atoms with E-state index in [4.69, 9.17) is 10.5 Å². The van der Waals surface area contributed by atoms with Gasteiger partial charge in [0.2, 0.25) is 0 Å². The summed E-state index contributed by atoms with van der Waals surface area (Å²) in [6.45, 7) is 5.65. The first-order valence-electron chi connectivity index (χ1n) is 6.12. The van der Waals surface area contributed by atoms with E-state index in [0.717, 1.165) is 13.1 Å². The Bertz CT molecular complexity index is 447. The number of H-pyrrole nitrogens is 1. The lowest BCUT2D eigenvalue weighted by molar-refractivity contribution is 0.0935. The van der Waals surface area contributed by atoms with Crippen LogP contribution >= 0.6 is 0 Å². The Morgan fingerprint density at radius 3 is 3.33 bits per heavy atom. The van der Waals surface area contributed by atoms with Crippen LogP contribution in [0.3, 0.4) is 0 Å². The van der Waals surface area contributed by atoms with E-state index in [1.807, 2.05) is 11.8 Å². The van der Waals surface area contributed by atoms with Gasteiger partial charge in [-0.2, -0.15) is 0 Å². The number of rotatable bonds is 4. The highest BCUT2D eigenvalue weighted by Crippen LogP contribution is 2.20. The van der Waals surface area contributed by atoms with Crippen molar-refractivity contribution in [3.05, 3.63) is 16.7 Å². The Hall–Kier alpha value is -1.60. The zero-order valence-electron chi connectivity index (χ0n) is 10.5. The Labute approximate surface area is 105 Å². The van der Waals surface area contributed by atoms with Gasteiger partial charge in [-0.3, -0.25) is 4.79 Å². The lowest BCUT2D eigenvalue weighted by Crippen LogP contribution is -2.51. The molecule has 18 heavy (non-hydrogen) atoms. The first-order valence-corrected chi connectivity index (χ1v) is 6.12. The van der Waals surface area contributed by atoms with Crippen LogP contribution in [0.15, 0.2) is 11.1 Å². The molecule has 1 aliphatic heterocycles. The number of nitrogens with two attached hydrogens (primary N) is 1. The van der Waals surface area contributed by atoms with Crippen LogP contribution in [0.4, 0.5) is 11.5 Å². The van der Waals surface area contributed by atoms with Gasteiger partial charge in [0.25, 0.3) is 5.56 Å². The maximum Gasteiger partial charge on any atom is 0.276 e. The number of hydrogen-bond acceptors (Lipinski definition) is 6. The summed E-state index contributed by atoms with van der Waals surface area (Å²) in [7, 11) is 0. The Morgan fingerprint density at radius 1 is 1.72 bits per heavy atom. The van der Waals surface area contributed by atoms with E-state index in [2.05, 4.69) is 15.3 Å². The Kier molecular flexibility index (Phi) is 4.16. The highest BCUT2D eigenvalue weighted by atomic mass is 16.5. The minimum absolute atomic E-state index is 0.148. The van der Waals surface area contributed by atoms with E-state index in [-0.39, 0.29) is 17.3 Å². The van der Waals surface area contributed by atoms with Crippen LogP contribution in [-0.4, -0.2) is 48.9 Å². The molecule has 1 fully saturated rings. The summed E-state index contributed by atoms with van der Waals surface area (Å²) in [4.78, 5) is 20.2. The predicted octanol–water partition coefficient (Wildman–Crippen LogP) is -0.833. The van der Waals surface area contributed by atoms with Gasteiger partial charge in [0.15, 0.2) is 5.82 Å². The van der Waals surface area contributed by atoms with Crippen LogP contribution in [0.5, 0.6) is 0 Å². The fraction of sp³-hybridized carbons (Fsp3) is 0.636. The normalized spacial score (nSPS) is 20.1. The summed E-state index contributed by atoms with van der Waals surface area (Å²) in [5.74, 6) is 0.546. The van der Waals surface area contributed by atoms with Gasteiger partial charge in [-0.25, -0.2) is 4.98 Å². The standard InChI is InChI=1S/C11H19N5O2/c1-2-13-5-8-6-18-4-3-16(8)10-9(12)11(17)15-7-14-10/h7-8,13H,2-6,12H2,1H3,(H,14,15,17). The maximum absolute atomic E-state index is 11.5. The van der Waals surface area contributed by atoms with Crippen molar-refractivity contribution in [2.75, 3.05) is 43.5 Å². The number of aromatic nitrogens is 2. The molecule has 0 aliphatic carbocycles. The Balaban J connectivity index is 2.22. The quantitative estimate of drug-likeness (QED) is 0.648. The second kappa shape index (κ2) is 5.83. The van der Waals surface area contributed by atoms with Crippen molar-refractivity contribution in [2.45, 2.75) is 13.0 Å². The molecule has 0 saturated carbocycles. The average molecular weight is 253 g/mol. The zero-order chi connectivity index (χ0) is 13.0. The molecule has 0 bridgehead atoms. The monoisotopic (exact) mass is 253 g/mol. The van der Waals surface area contributed by atoms with Gasteiger partial charge in [-0.15, -0.1) is 0 Å². The molecule has 0 aromatic carbocycles. The summed E-state index contributed by atoms with van der Waals surface area (Å²) in [5, 5.41) is 3.28. The molecule has 7 heteroatoms. The predicted molar refractivity (Wildman–Crippen MR) is 69.8 cm³/mol. The van der Waals surface area contributed by atoms with Crippen LogP contribution < -0.4 is 21.5 Å². The van der Waals surface area contributed by atoms with Gasteiger partial charge in [-0.05, 0) is 6.54 Å². The number of morpholine rings is 1. The molecule has 1 aromatic heterocycles. The number of anilines is 2. The van der Waals surface area contributed by atoms with Crippen molar-refractivity contribution in [3.8, 4) is 0 Å². The number of nitrogens with one attached hydrogen (secondary N) is 2. The molecule has 0 amide bonds. The first-order chi connectivity index (χ1) is 8.74. The van der Waals surface area contributed by atoms with E-state index >= 15 is 0 Å². The molecular formula is C11H19N5O2. The summed E-state index contributed by atoms with van der Waals surface area (Å²) in [6, 6.07) is 0.148. The van der Waals surface area contributed by atoms with Crippen LogP contribution in [-0.2, 0) is 4.74 Å². The van der Waals surface area contributed by atoms with Crippen molar-refractivity contribution in [2.24, 2.45) is 0 Å². The van der Waals surface area contributed by atoms with Crippen molar-refractivity contribution in [1.29, 1.82) is 0 Å². The molecule has 1 atom stereocenters. The molecular weight excluding hydrogens is 234 g/mol. The molecule has 1 unspecified atom stereocenters. The van der Waals surface area contributed by atoms with Gasteiger partial charge >= 0.3 is 0 Å². The van der Waals surface area contributed by atoms with E-state index in [1.165, 1.54) is 6.33 Å². The van der Waals surface area contributed by atoms with Gasteiger partial charge in [-0.1, -0.05) is 6.92 Å². The number of nitrogens with zero attached hydrogens (tertiary/aromatic N) is 2. The SMILES string of the molecule is CCNCC1COCCN1c1nc[nH]c(=O)c1N. The smallest absolute Gasteiger partial charge is 0.276 e. The molecule has 1 aromatic rings. The minimum atomic E-state index is -0.298. The van der Waals surface area contributed by atoms with E-state index in [9.17, 15) is 4.79 Å². The highest BCUT2D eigenvalue weighted by molar-refractivity contribution is 5.61. The lowest BCUT2D eigenvalue weighted by Gasteiger charge is -2.36. The number of nitrogen functional groups attached to an aromatic ring is 1. The Morgan fingerprint density at radius 2 is 2.56 bits per heavy atom. The van der Waals surface area contributed by atoms with Crippen molar-refractivity contribution < 1.29 is 4.74 Å².